The molecule has 0 aliphatic heterocycles. The van der Waals surface area contributed by atoms with E-state index in [2.05, 4.69) is 5.10 Å². The zero-order valence-electron chi connectivity index (χ0n) is 9.90. The van der Waals surface area contributed by atoms with Gasteiger partial charge in [0.1, 0.15) is 11.5 Å². The summed E-state index contributed by atoms with van der Waals surface area (Å²) in [7, 11) is 0. The van der Waals surface area contributed by atoms with Crippen LogP contribution in [0.2, 0.25) is 0 Å². The summed E-state index contributed by atoms with van der Waals surface area (Å²) in [5, 5.41) is 4.38. The third kappa shape index (κ3) is 2.17. The van der Waals surface area contributed by atoms with Gasteiger partial charge in [0, 0.05) is 5.69 Å². The average Bonchev–Trinajstić information content (AvgIpc) is 2.74. The molecule has 0 aliphatic rings. The molecule has 0 bridgehead atoms. The van der Waals surface area contributed by atoms with Gasteiger partial charge in [-0.1, -0.05) is 0 Å². The molecule has 0 radical (unpaired) electrons. The summed E-state index contributed by atoms with van der Waals surface area (Å²) in [6.07, 6.45) is 0. The highest BCUT2D eigenvalue weighted by atomic mass is 16.3. The molecule has 2 aromatic rings. The topological polar surface area (TPSA) is 57.0 Å². The highest BCUT2D eigenvalue weighted by molar-refractivity contribution is 5.11. The Morgan fingerprint density at radius 2 is 2.12 bits per heavy atom. The van der Waals surface area contributed by atoms with Crippen molar-refractivity contribution in [3.05, 3.63) is 41.1 Å². The monoisotopic (exact) mass is 219 g/mol. The Kier molecular flexibility index (Phi) is 2.83. The minimum atomic E-state index is -0.147. The molecular formula is C12H17N3O. The number of hydrogen-bond donors (Lipinski definition) is 1. The molecule has 0 amide bonds. The second-order valence-electron chi connectivity index (χ2n) is 4.16. The van der Waals surface area contributed by atoms with Crippen LogP contribution in [0.3, 0.4) is 0 Å². The van der Waals surface area contributed by atoms with Crippen molar-refractivity contribution in [1.29, 1.82) is 0 Å². The van der Waals surface area contributed by atoms with Crippen LogP contribution in [-0.2, 0) is 6.54 Å². The molecule has 4 nitrogen and oxygen atoms in total. The van der Waals surface area contributed by atoms with Gasteiger partial charge in [-0.15, -0.1) is 0 Å². The molecule has 0 aliphatic carbocycles. The molecule has 1 unspecified atom stereocenters. The average molecular weight is 219 g/mol. The van der Waals surface area contributed by atoms with Crippen LogP contribution in [0.5, 0.6) is 0 Å². The van der Waals surface area contributed by atoms with E-state index in [0.29, 0.717) is 6.54 Å². The predicted molar refractivity (Wildman–Crippen MR) is 62.1 cm³/mol. The van der Waals surface area contributed by atoms with E-state index in [9.17, 15) is 0 Å². The van der Waals surface area contributed by atoms with Crippen LogP contribution in [0, 0.1) is 20.8 Å². The lowest BCUT2D eigenvalue weighted by Gasteiger charge is -2.10. The van der Waals surface area contributed by atoms with Gasteiger partial charge in [-0.05, 0) is 39.0 Å². The van der Waals surface area contributed by atoms with E-state index in [-0.39, 0.29) is 6.04 Å². The van der Waals surface area contributed by atoms with Crippen molar-refractivity contribution in [3.8, 4) is 0 Å². The van der Waals surface area contributed by atoms with Gasteiger partial charge in [0.15, 0.2) is 0 Å². The summed E-state index contributed by atoms with van der Waals surface area (Å²) in [6.45, 7) is 6.57. The smallest absolute Gasteiger partial charge is 0.122 e. The number of nitrogens with zero attached hydrogens (tertiary/aromatic N) is 2. The first-order valence-corrected chi connectivity index (χ1v) is 5.39. The Bertz CT molecular complexity index is 484. The molecule has 86 valence electrons. The van der Waals surface area contributed by atoms with Gasteiger partial charge < -0.3 is 10.2 Å². The van der Waals surface area contributed by atoms with E-state index >= 15 is 0 Å². The molecule has 2 N–H and O–H groups in total. The molecule has 2 rings (SSSR count). The molecule has 4 heteroatoms. The lowest BCUT2D eigenvalue weighted by molar-refractivity contribution is 0.405. The SMILES string of the molecule is Cc1cc(C)n(CC(N)c2ccc(C)o2)n1. The zero-order chi connectivity index (χ0) is 11.7. The summed E-state index contributed by atoms with van der Waals surface area (Å²) >= 11 is 0. The molecule has 0 aromatic carbocycles. The number of hydrogen-bond acceptors (Lipinski definition) is 3. The maximum atomic E-state index is 6.06. The molecule has 2 aromatic heterocycles. The standard InChI is InChI=1S/C12H17N3O/c1-8-6-9(2)15(14-8)7-11(13)12-5-4-10(3)16-12/h4-6,11H,7,13H2,1-3H3. The Labute approximate surface area is 95.1 Å². The molecule has 0 saturated carbocycles. The van der Waals surface area contributed by atoms with Gasteiger partial charge in [0.05, 0.1) is 18.3 Å². The van der Waals surface area contributed by atoms with Crippen molar-refractivity contribution in [1.82, 2.24) is 9.78 Å². The number of furan rings is 1. The largest absolute Gasteiger partial charge is 0.465 e. The van der Waals surface area contributed by atoms with Crippen LogP contribution < -0.4 is 5.73 Å². The van der Waals surface area contributed by atoms with E-state index in [1.165, 1.54) is 0 Å². The lowest BCUT2D eigenvalue weighted by Crippen LogP contribution is -2.18. The Balaban J connectivity index is 2.13. The fraction of sp³-hybridized carbons (Fsp3) is 0.417. The third-order valence-corrected chi connectivity index (χ3v) is 2.60. The lowest BCUT2D eigenvalue weighted by atomic mass is 10.2. The van der Waals surface area contributed by atoms with Crippen molar-refractivity contribution in [2.24, 2.45) is 5.73 Å². The second-order valence-corrected chi connectivity index (χ2v) is 4.16. The summed E-state index contributed by atoms with van der Waals surface area (Å²) in [5.74, 6) is 1.70. The van der Waals surface area contributed by atoms with Crippen molar-refractivity contribution in [2.75, 3.05) is 0 Å². The van der Waals surface area contributed by atoms with Gasteiger partial charge >= 0.3 is 0 Å². The first-order chi connectivity index (χ1) is 7.56. The van der Waals surface area contributed by atoms with Gasteiger partial charge in [-0.3, -0.25) is 4.68 Å². The number of aryl methyl sites for hydroxylation is 3. The zero-order valence-corrected chi connectivity index (χ0v) is 9.90. The first-order valence-electron chi connectivity index (χ1n) is 5.39. The third-order valence-electron chi connectivity index (χ3n) is 2.60. The Morgan fingerprint density at radius 1 is 1.38 bits per heavy atom. The normalized spacial score (nSPS) is 13.0. The maximum absolute atomic E-state index is 6.06. The molecule has 0 saturated heterocycles. The quantitative estimate of drug-likeness (QED) is 0.860. The highest BCUT2D eigenvalue weighted by Crippen LogP contribution is 2.16. The van der Waals surface area contributed by atoms with Crippen molar-refractivity contribution in [3.63, 3.8) is 0 Å². The van der Waals surface area contributed by atoms with Crippen molar-refractivity contribution < 1.29 is 4.42 Å². The predicted octanol–water partition coefficient (Wildman–Crippen LogP) is 2.10. The van der Waals surface area contributed by atoms with Crippen LogP contribution >= 0.6 is 0 Å². The molecular weight excluding hydrogens is 202 g/mol. The second kappa shape index (κ2) is 4.14. The van der Waals surface area contributed by atoms with E-state index < -0.39 is 0 Å². The minimum absolute atomic E-state index is 0.147. The minimum Gasteiger partial charge on any atom is -0.465 e. The molecule has 0 fully saturated rings. The van der Waals surface area contributed by atoms with Crippen molar-refractivity contribution >= 4 is 0 Å². The van der Waals surface area contributed by atoms with E-state index in [0.717, 1.165) is 22.9 Å². The Hall–Kier alpha value is -1.55. The van der Waals surface area contributed by atoms with Gasteiger partial charge in [-0.2, -0.15) is 5.10 Å². The van der Waals surface area contributed by atoms with Crippen LogP contribution in [0.25, 0.3) is 0 Å². The summed E-state index contributed by atoms with van der Waals surface area (Å²) in [5.41, 5.74) is 8.20. The summed E-state index contributed by atoms with van der Waals surface area (Å²) in [4.78, 5) is 0. The van der Waals surface area contributed by atoms with Crippen LogP contribution in [0.15, 0.2) is 22.6 Å². The van der Waals surface area contributed by atoms with Crippen molar-refractivity contribution in [2.45, 2.75) is 33.4 Å². The van der Waals surface area contributed by atoms with Gasteiger partial charge in [0.25, 0.3) is 0 Å². The molecule has 0 spiro atoms. The first kappa shape index (κ1) is 11.0. The van der Waals surface area contributed by atoms with E-state index in [1.807, 2.05) is 43.7 Å². The fourth-order valence-corrected chi connectivity index (χ4v) is 1.79. The fourth-order valence-electron chi connectivity index (χ4n) is 1.79. The number of aromatic nitrogens is 2. The van der Waals surface area contributed by atoms with Crippen LogP contribution in [0.4, 0.5) is 0 Å². The Morgan fingerprint density at radius 3 is 2.62 bits per heavy atom. The number of nitrogens with two attached hydrogens (primary N) is 1. The molecule has 1 atom stereocenters. The molecule has 16 heavy (non-hydrogen) atoms. The number of rotatable bonds is 3. The van der Waals surface area contributed by atoms with E-state index in [4.69, 9.17) is 10.2 Å². The highest BCUT2D eigenvalue weighted by Gasteiger charge is 2.12. The van der Waals surface area contributed by atoms with E-state index in [1.54, 1.807) is 0 Å². The summed E-state index contributed by atoms with van der Waals surface area (Å²) in [6, 6.07) is 5.74. The van der Waals surface area contributed by atoms with Gasteiger partial charge in [0.2, 0.25) is 0 Å². The van der Waals surface area contributed by atoms with Crippen LogP contribution in [0.1, 0.15) is 29.0 Å². The maximum Gasteiger partial charge on any atom is 0.122 e. The molecule has 2 heterocycles. The van der Waals surface area contributed by atoms with Gasteiger partial charge in [-0.25, -0.2) is 0 Å². The summed E-state index contributed by atoms with van der Waals surface area (Å²) < 4.78 is 7.41. The van der Waals surface area contributed by atoms with Crippen LogP contribution in [-0.4, -0.2) is 9.78 Å².